The van der Waals surface area contributed by atoms with E-state index in [9.17, 15) is 18.0 Å². The molecule has 1 aliphatic heterocycles. The van der Waals surface area contributed by atoms with Crippen LogP contribution in [0.15, 0.2) is 66.6 Å². The Morgan fingerprint density at radius 1 is 0.848 bits per heavy atom. The molecule has 2 atom stereocenters. The van der Waals surface area contributed by atoms with Gasteiger partial charge in [-0.05, 0) is 42.2 Å². The fourth-order valence-corrected chi connectivity index (χ4v) is 6.39. The summed E-state index contributed by atoms with van der Waals surface area (Å²) in [5.41, 5.74) is 3.45. The van der Waals surface area contributed by atoms with Gasteiger partial charge in [0, 0.05) is 43.9 Å². The van der Waals surface area contributed by atoms with Crippen molar-refractivity contribution in [3.05, 3.63) is 77.7 Å². The molecule has 2 heterocycles. The number of esters is 1. The number of aromatic nitrogens is 3. The molecule has 0 unspecified atom stereocenters. The summed E-state index contributed by atoms with van der Waals surface area (Å²) in [6, 6.07) is 14.3. The van der Waals surface area contributed by atoms with E-state index in [0.717, 1.165) is 75.2 Å². The summed E-state index contributed by atoms with van der Waals surface area (Å²) in [5.74, 6) is -4.04. The Morgan fingerprint density at radius 2 is 1.41 bits per heavy atom. The second-order valence-electron chi connectivity index (χ2n) is 12.1. The fourth-order valence-electron chi connectivity index (χ4n) is 5.67. The fraction of sp³-hybridized carbons (Fsp3) is 0.485. The maximum atomic E-state index is 13.6. The summed E-state index contributed by atoms with van der Waals surface area (Å²) in [5, 5.41) is 8.51. The van der Waals surface area contributed by atoms with Crippen LogP contribution in [0.5, 0.6) is 0 Å². The van der Waals surface area contributed by atoms with Gasteiger partial charge in [-0.15, -0.1) is 5.10 Å². The van der Waals surface area contributed by atoms with Crippen molar-refractivity contribution in [2.24, 2.45) is 0 Å². The molecule has 2 aromatic carbocycles. The van der Waals surface area contributed by atoms with Crippen LogP contribution in [0.2, 0.25) is 6.04 Å². The average Bonchev–Trinajstić information content (AvgIpc) is 3.47. The molecule has 0 amide bonds. The van der Waals surface area contributed by atoms with Crippen molar-refractivity contribution in [3.63, 3.8) is 0 Å². The average molecular weight is 661 g/mol. The van der Waals surface area contributed by atoms with Crippen LogP contribution in [0.3, 0.4) is 0 Å². The molecule has 1 aliphatic rings. The highest BCUT2D eigenvalue weighted by molar-refractivity contribution is 6.56. The van der Waals surface area contributed by atoms with Crippen LogP contribution < -0.4 is 4.90 Å². The van der Waals surface area contributed by atoms with E-state index < -0.39 is 38.5 Å². The zero-order valence-electron chi connectivity index (χ0n) is 26.3. The van der Waals surface area contributed by atoms with Gasteiger partial charge in [-0.25, -0.2) is 0 Å². The van der Waals surface area contributed by atoms with Crippen molar-refractivity contribution in [2.75, 3.05) is 19.0 Å². The highest BCUT2D eigenvalue weighted by Gasteiger charge is 2.45. The van der Waals surface area contributed by atoms with Crippen LogP contribution in [0.1, 0.15) is 80.8 Å². The summed E-state index contributed by atoms with van der Waals surface area (Å²) >= 11 is 0. The molecule has 3 N–H and O–H groups in total. The number of benzene rings is 2. The number of aryl methyl sites for hydroxylation is 1. The molecule has 13 heteroatoms. The quantitative estimate of drug-likeness (QED) is 0.0930. The molecule has 0 spiro atoms. The number of ether oxygens (including phenoxy) is 1. The van der Waals surface area contributed by atoms with Gasteiger partial charge in [0.2, 0.25) is 5.76 Å². The van der Waals surface area contributed by atoms with E-state index in [2.05, 4.69) is 10.3 Å². The Balaban J connectivity index is 1.32. The molecule has 46 heavy (non-hydrogen) atoms. The van der Waals surface area contributed by atoms with Crippen LogP contribution in [0.4, 0.5) is 18.9 Å². The SMILES string of the molecule is CN(C)c1ccc([C@H]2C(=O)OC(C(F)(F)F)=C[C@@H]2c2ccc(-c3cn(CCCCCCCCCCC[Si](O)(O)O)nn3)cc2)cc1. The third-order valence-electron chi connectivity index (χ3n) is 8.23. The largest absolute Gasteiger partial charge is 0.492 e. The summed E-state index contributed by atoms with van der Waals surface area (Å²) < 4.78 is 47.4. The molecule has 4 rings (SSSR count). The topological polar surface area (TPSA) is 121 Å². The smallest absolute Gasteiger partial charge is 0.421 e. The van der Waals surface area contributed by atoms with Crippen LogP contribution >= 0.6 is 0 Å². The zero-order valence-corrected chi connectivity index (χ0v) is 27.3. The number of hydrogen-bond donors (Lipinski definition) is 3. The van der Waals surface area contributed by atoms with Gasteiger partial charge < -0.3 is 24.0 Å². The van der Waals surface area contributed by atoms with Gasteiger partial charge in [0.05, 0.1) is 12.1 Å². The third kappa shape index (κ3) is 10.2. The first-order valence-electron chi connectivity index (χ1n) is 15.8. The van der Waals surface area contributed by atoms with E-state index >= 15 is 0 Å². The van der Waals surface area contributed by atoms with Crippen molar-refractivity contribution >= 4 is 20.5 Å². The molecular weight excluding hydrogens is 617 g/mol. The number of rotatable bonds is 16. The van der Waals surface area contributed by atoms with E-state index in [1.807, 2.05) is 37.3 Å². The molecule has 3 aromatic rings. The normalized spacial score (nSPS) is 17.1. The standard InChI is InChI=1S/C33H43F3N4O5Si/c1-39(2)27-18-16-26(17-19-27)31-28(22-30(33(34,35)36)45-32(31)41)24-12-14-25(15-13-24)29-23-40(38-37-29)20-10-8-6-4-3-5-7-9-11-21-46(42,43)44/h12-19,22-23,28,31,42-44H,3-11,20-21H2,1-2H3/t28-,31-/m1/s1. The minimum absolute atomic E-state index is 0.109. The van der Waals surface area contributed by atoms with Crippen molar-refractivity contribution in [3.8, 4) is 11.3 Å². The van der Waals surface area contributed by atoms with E-state index in [-0.39, 0.29) is 6.04 Å². The van der Waals surface area contributed by atoms with Gasteiger partial charge >= 0.3 is 21.0 Å². The van der Waals surface area contributed by atoms with Crippen molar-refractivity contribution in [2.45, 2.75) is 88.4 Å². The predicted octanol–water partition coefficient (Wildman–Crippen LogP) is 6.31. The van der Waals surface area contributed by atoms with E-state index in [4.69, 9.17) is 19.1 Å². The number of cyclic esters (lactones) is 1. The maximum Gasteiger partial charge on any atom is 0.492 e. The summed E-state index contributed by atoms with van der Waals surface area (Å²) in [6.07, 6.45) is 7.12. The van der Waals surface area contributed by atoms with Crippen LogP contribution in [0, 0.1) is 0 Å². The molecule has 0 bridgehead atoms. The van der Waals surface area contributed by atoms with Gasteiger partial charge in [0.15, 0.2) is 0 Å². The lowest BCUT2D eigenvalue weighted by Gasteiger charge is -2.30. The Kier molecular flexibility index (Phi) is 12.2. The number of carbonyl (C=O) groups excluding carboxylic acids is 1. The van der Waals surface area contributed by atoms with E-state index in [1.165, 1.54) is 0 Å². The molecular formula is C33H43F3N4O5Si. The van der Waals surface area contributed by atoms with Gasteiger partial charge in [-0.2, -0.15) is 13.2 Å². The highest BCUT2D eigenvalue weighted by Crippen LogP contribution is 2.44. The first-order chi connectivity index (χ1) is 21.8. The molecule has 9 nitrogen and oxygen atoms in total. The van der Waals surface area contributed by atoms with E-state index in [0.29, 0.717) is 23.2 Å². The number of allylic oxidation sites excluding steroid dienone is 2. The van der Waals surface area contributed by atoms with Gasteiger partial charge in [-0.1, -0.05) is 86.6 Å². The molecule has 0 radical (unpaired) electrons. The van der Waals surface area contributed by atoms with Crippen molar-refractivity contribution in [1.29, 1.82) is 0 Å². The number of alkyl halides is 3. The number of carbonyl (C=O) groups is 1. The first kappa shape index (κ1) is 35.3. The number of unbranched alkanes of at least 4 members (excludes halogenated alkanes) is 8. The lowest BCUT2D eigenvalue weighted by molar-refractivity contribution is -0.164. The first-order valence-corrected chi connectivity index (χ1v) is 17.8. The minimum atomic E-state index is -4.79. The highest BCUT2D eigenvalue weighted by atomic mass is 28.4. The molecule has 250 valence electrons. The second-order valence-corrected chi connectivity index (χ2v) is 14.2. The minimum Gasteiger partial charge on any atom is -0.421 e. The Morgan fingerprint density at radius 3 is 1.98 bits per heavy atom. The van der Waals surface area contributed by atoms with Crippen LogP contribution in [-0.2, 0) is 16.1 Å². The number of anilines is 1. The Labute approximate surface area is 268 Å². The number of hydrogen-bond acceptors (Lipinski definition) is 8. The summed E-state index contributed by atoms with van der Waals surface area (Å²) in [7, 11) is -0.132. The maximum absolute atomic E-state index is 13.6. The molecule has 0 saturated carbocycles. The van der Waals surface area contributed by atoms with Gasteiger partial charge in [0.25, 0.3) is 0 Å². The third-order valence-corrected chi connectivity index (χ3v) is 9.26. The van der Waals surface area contributed by atoms with Crippen molar-refractivity contribution < 1.29 is 37.1 Å². The summed E-state index contributed by atoms with van der Waals surface area (Å²) in [6.45, 7) is 0.726. The van der Waals surface area contributed by atoms with Gasteiger partial charge in [0.1, 0.15) is 5.69 Å². The van der Waals surface area contributed by atoms with Gasteiger partial charge in [-0.3, -0.25) is 9.48 Å². The summed E-state index contributed by atoms with van der Waals surface area (Å²) in [4.78, 5) is 41.9. The predicted molar refractivity (Wildman–Crippen MR) is 171 cm³/mol. The molecule has 0 saturated heterocycles. The number of halogens is 3. The molecule has 0 fully saturated rings. The Bertz CT molecular complexity index is 1440. The Hall–Kier alpha value is -3.52. The second kappa shape index (κ2) is 15.9. The van der Waals surface area contributed by atoms with Crippen molar-refractivity contribution in [1.82, 2.24) is 15.0 Å². The number of nitrogens with zero attached hydrogens (tertiary/aromatic N) is 4. The molecule has 0 aliphatic carbocycles. The lowest BCUT2D eigenvalue weighted by Crippen LogP contribution is -2.33. The monoisotopic (exact) mass is 660 g/mol. The van der Waals surface area contributed by atoms with Crippen LogP contribution in [0.25, 0.3) is 11.3 Å². The lowest BCUT2D eigenvalue weighted by atomic mass is 9.79. The van der Waals surface area contributed by atoms with E-state index in [1.54, 1.807) is 41.1 Å². The molecule has 1 aromatic heterocycles. The van der Waals surface area contributed by atoms with Crippen LogP contribution in [-0.4, -0.2) is 64.4 Å². The zero-order chi connectivity index (χ0) is 33.3.